The molecular formula is C19H18IN3OS2. The highest BCUT2D eigenvalue weighted by molar-refractivity contribution is 14.1. The van der Waals surface area contributed by atoms with Crippen LogP contribution in [0.2, 0.25) is 0 Å². The van der Waals surface area contributed by atoms with Crippen molar-refractivity contribution in [1.82, 2.24) is 9.97 Å². The molecule has 0 saturated heterocycles. The van der Waals surface area contributed by atoms with Gasteiger partial charge in [0.2, 0.25) is 5.91 Å². The highest BCUT2D eigenvalue weighted by atomic mass is 127. The Morgan fingerprint density at radius 3 is 2.81 bits per heavy atom. The Morgan fingerprint density at radius 1 is 1.23 bits per heavy atom. The highest BCUT2D eigenvalue weighted by Crippen LogP contribution is 2.39. The fourth-order valence-corrected chi connectivity index (χ4v) is 5.83. The predicted octanol–water partition coefficient (Wildman–Crippen LogP) is 5.21. The molecule has 1 aliphatic rings. The second-order valence-electron chi connectivity index (χ2n) is 6.31. The molecule has 1 amide bonds. The number of thioether (sulfide) groups is 1. The average molecular weight is 495 g/mol. The lowest BCUT2D eigenvalue weighted by molar-refractivity contribution is -0.113. The van der Waals surface area contributed by atoms with Gasteiger partial charge in [0, 0.05) is 19.5 Å². The zero-order valence-electron chi connectivity index (χ0n) is 14.3. The van der Waals surface area contributed by atoms with E-state index in [0.29, 0.717) is 5.75 Å². The Bertz CT molecular complexity index is 969. The Kier molecular flexibility index (Phi) is 5.47. The second-order valence-corrected chi connectivity index (χ2v) is 9.60. The van der Waals surface area contributed by atoms with E-state index in [1.807, 2.05) is 31.2 Å². The number of halogens is 1. The largest absolute Gasteiger partial charge is 0.325 e. The second kappa shape index (κ2) is 7.82. The van der Waals surface area contributed by atoms with Gasteiger partial charge in [0.15, 0.2) is 0 Å². The van der Waals surface area contributed by atoms with Crippen molar-refractivity contribution in [1.29, 1.82) is 0 Å². The van der Waals surface area contributed by atoms with Gasteiger partial charge >= 0.3 is 0 Å². The smallest absolute Gasteiger partial charge is 0.234 e. The predicted molar refractivity (Wildman–Crippen MR) is 117 cm³/mol. The van der Waals surface area contributed by atoms with Crippen molar-refractivity contribution in [2.75, 3.05) is 11.1 Å². The summed E-state index contributed by atoms with van der Waals surface area (Å²) in [6.45, 7) is 1.92. The summed E-state index contributed by atoms with van der Waals surface area (Å²) in [5.41, 5.74) is 2.24. The van der Waals surface area contributed by atoms with Crippen LogP contribution < -0.4 is 5.32 Å². The minimum atomic E-state index is -0.00952. The van der Waals surface area contributed by atoms with Crippen LogP contribution in [0.3, 0.4) is 0 Å². The van der Waals surface area contributed by atoms with Gasteiger partial charge in [0.1, 0.15) is 15.7 Å². The topological polar surface area (TPSA) is 54.9 Å². The molecule has 134 valence electrons. The molecule has 4 nitrogen and oxygen atoms in total. The van der Waals surface area contributed by atoms with Crippen LogP contribution in [-0.2, 0) is 17.6 Å². The number of aromatic nitrogens is 2. The van der Waals surface area contributed by atoms with E-state index in [1.54, 1.807) is 11.3 Å². The Balaban J connectivity index is 1.54. The van der Waals surface area contributed by atoms with Gasteiger partial charge in [-0.05, 0) is 85.0 Å². The van der Waals surface area contributed by atoms with E-state index >= 15 is 0 Å². The summed E-state index contributed by atoms with van der Waals surface area (Å²) in [4.78, 5) is 24.2. The number of rotatable bonds is 4. The molecule has 1 N–H and O–H groups in total. The lowest BCUT2D eigenvalue weighted by atomic mass is 9.97. The number of carbonyl (C=O) groups excluding carboxylic acids is 1. The molecule has 0 spiro atoms. The van der Waals surface area contributed by atoms with Crippen LogP contribution in [0.5, 0.6) is 0 Å². The van der Waals surface area contributed by atoms with Gasteiger partial charge < -0.3 is 5.32 Å². The number of nitrogens with one attached hydrogen (secondary N) is 1. The summed E-state index contributed by atoms with van der Waals surface area (Å²) in [5.74, 6) is 1.11. The molecule has 26 heavy (non-hydrogen) atoms. The monoisotopic (exact) mass is 495 g/mol. The molecule has 2 heterocycles. The van der Waals surface area contributed by atoms with E-state index < -0.39 is 0 Å². The van der Waals surface area contributed by atoms with Crippen LogP contribution in [0.4, 0.5) is 5.69 Å². The minimum Gasteiger partial charge on any atom is -0.325 e. The summed E-state index contributed by atoms with van der Waals surface area (Å²) in [7, 11) is 0. The van der Waals surface area contributed by atoms with Crippen LogP contribution in [0.15, 0.2) is 29.3 Å². The fourth-order valence-electron chi connectivity index (χ4n) is 3.19. The highest BCUT2D eigenvalue weighted by Gasteiger charge is 2.21. The van der Waals surface area contributed by atoms with Crippen molar-refractivity contribution >= 4 is 67.5 Å². The van der Waals surface area contributed by atoms with E-state index in [0.717, 1.165) is 37.8 Å². The molecule has 0 unspecified atom stereocenters. The number of amides is 1. The van der Waals surface area contributed by atoms with Crippen molar-refractivity contribution in [3.05, 3.63) is 44.1 Å². The number of thiophene rings is 1. The lowest BCUT2D eigenvalue weighted by Gasteiger charge is -2.12. The summed E-state index contributed by atoms with van der Waals surface area (Å²) in [6, 6.07) is 7.82. The first-order valence-corrected chi connectivity index (χ1v) is 11.5. The summed E-state index contributed by atoms with van der Waals surface area (Å²) in [5, 5.41) is 5.09. The molecule has 0 bridgehead atoms. The van der Waals surface area contributed by atoms with Crippen LogP contribution in [0.1, 0.15) is 29.1 Å². The molecule has 0 radical (unpaired) electrons. The molecule has 0 fully saturated rings. The van der Waals surface area contributed by atoms with Gasteiger partial charge in [0.25, 0.3) is 0 Å². The van der Waals surface area contributed by atoms with E-state index in [-0.39, 0.29) is 5.91 Å². The standard InChI is InChI=1S/C19H18IN3OS2/c1-11-21-18(17-14-4-2-3-5-15(14)26-19(17)22-11)25-10-16(24)23-13-8-6-12(20)7-9-13/h6-9H,2-5,10H2,1H3,(H,23,24). The number of carbonyl (C=O) groups is 1. The number of fused-ring (bicyclic) bond motifs is 3. The van der Waals surface area contributed by atoms with Gasteiger partial charge in [-0.25, -0.2) is 9.97 Å². The van der Waals surface area contributed by atoms with Crippen molar-refractivity contribution in [2.24, 2.45) is 0 Å². The van der Waals surface area contributed by atoms with Crippen LogP contribution in [0, 0.1) is 10.5 Å². The maximum Gasteiger partial charge on any atom is 0.234 e. The molecule has 4 rings (SSSR count). The van der Waals surface area contributed by atoms with E-state index in [4.69, 9.17) is 0 Å². The maximum atomic E-state index is 12.3. The molecule has 0 saturated carbocycles. The number of anilines is 1. The average Bonchev–Trinajstić information content (AvgIpc) is 2.99. The van der Waals surface area contributed by atoms with Gasteiger partial charge in [-0.1, -0.05) is 11.8 Å². The first kappa shape index (κ1) is 18.2. The SMILES string of the molecule is Cc1nc(SCC(=O)Nc2ccc(I)cc2)c2c3c(sc2n1)CCCC3. The molecule has 1 aromatic carbocycles. The third-order valence-corrected chi connectivity index (χ3v) is 7.24. The number of hydrogen-bond acceptors (Lipinski definition) is 5. The Labute approximate surface area is 174 Å². The molecule has 2 aromatic heterocycles. The molecule has 7 heteroatoms. The van der Waals surface area contributed by atoms with Crippen molar-refractivity contribution in [3.8, 4) is 0 Å². The van der Waals surface area contributed by atoms with E-state index in [2.05, 4.69) is 37.9 Å². The summed E-state index contributed by atoms with van der Waals surface area (Å²) in [6.07, 6.45) is 4.73. The normalized spacial score (nSPS) is 13.6. The van der Waals surface area contributed by atoms with Crippen molar-refractivity contribution in [2.45, 2.75) is 37.6 Å². The summed E-state index contributed by atoms with van der Waals surface area (Å²) < 4.78 is 1.15. The van der Waals surface area contributed by atoms with Gasteiger partial charge in [-0.15, -0.1) is 11.3 Å². The zero-order valence-corrected chi connectivity index (χ0v) is 18.1. The van der Waals surface area contributed by atoms with Crippen LogP contribution in [-0.4, -0.2) is 21.6 Å². The molecule has 1 aliphatic carbocycles. The van der Waals surface area contributed by atoms with Gasteiger partial charge in [-0.2, -0.15) is 0 Å². The van der Waals surface area contributed by atoms with Crippen LogP contribution in [0.25, 0.3) is 10.2 Å². The molecule has 0 atom stereocenters. The minimum absolute atomic E-state index is 0.00952. The molecule has 3 aromatic rings. The summed E-state index contributed by atoms with van der Waals surface area (Å²) >= 11 is 5.57. The number of hydrogen-bond donors (Lipinski definition) is 1. The third-order valence-electron chi connectivity index (χ3n) is 4.36. The Hall–Kier alpha value is -1.19. The maximum absolute atomic E-state index is 12.3. The fraction of sp³-hybridized carbons (Fsp3) is 0.316. The Morgan fingerprint density at radius 2 is 2.00 bits per heavy atom. The van der Waals surface area contributed by atoms with Gasteiger partial charge in [0.05, 0.1) is 5.75 Å². The number of benzene rings is 1. The van der Waals surface area contributed by atoms with Crippen LogP contribution >= 0.6 is 45.7 Å². The quantitative estimate of drug-likeness (QED) is 0.307. The lowest BCUT2D eigenvalue weighted by Crippen LogP contribution is -2.14. The first-order valence-electron chi connectivity index (χ1n) is 8.57. The third kappa shape index (κ3) is 3.89. The molecule has 0 aliphatic heterocycles. The number of aryl methyl sites for hydroxylation is 3. The van der Waals surface area contributed by atoms with E-state index in [1.165, 1.54) is 40.4 Å². The zero-order chi connectivity index (χ0) is 18.1. The number of nitrogens with zero attached hydrogens (tertiary/aromatic N) is 2. The van der Waals surface area contributed by atoms with Crippen molar-refractivity contribution < 1.29 is 4.79 Å². The van der Waals surface area contributed by atoms with Gasteiger partial charge in [-0.3, -0.25) is 4.79 Å². The van der Waals surface area contributed by atoms with E-state index in [9.17, 15) is 4.79 Å². The van der Waals surface area contributed by atoms with Crippen molar-refractivity contribution in [3.63, 3.8) is 0 Å². The molecular weight excluding hydrogens is 477 g/mol. The first-order chi connectivity index (χ1) is 12.6.